The van der Waals surface area contributed by atoms with Crippen molar-refractivity contribution in [2.24, 2.45) is 17.8 Å². The number of benzene rings is 2. The van der Waals surface area contributed by atoms with E-state index >= 15 is 0 Å². The smallest absolute Gasteiger partial charge is 0.324 e. The van der Waals surface area contributed by atoms with Crippen LogP contribution in [0, 0.1) is 17.8 Å². The number of aromatic nitrogens is 1. The van der Waals surface area contributed by atoms with Crippen molar-refractivity contribution in [1.29, 1.82) is 0 Å². The van der Waals surface area contributed by atoms with Crippen LogP contribution in [0.4, 0.5) is 18.9 Å². The zero-order valence-electron chi connectivity index (χ0n) is 18.9. The van der Waals surface area contributed by atoms with Crippen LogP contribution in [-0.4, -0.2) is 15.7 Å². The molecular weight excluding hydrogens is 573 g/mol. The summed E-state index contributed by atoms with van der Waals surface area (Å²) in [6.07, 6.45) is -0.994. The van der Waals surface area contributed by atoms with Crippen LogP contribution >= 0.6 is 39.0 Å². The first-order chi connectivity index (χ1) is 17.2. The minimum Gasteiger partial charge on any atom is -0.324 e. The highest BCUT2D eigenvalue weighted by molar-refractivity contribution is 9.10. The number of rotatable bonds is 4. The molecule has 2 aromatic carbocycles. The maximum Gasteiger partial charge on any atom is 0.418 e. The topological polar surface area (TPSA) is 51.1 Å². The molecule has 1 aliphatic heterocycles. The molecule has 188 valence electrons. The maximum absolute atomic E-state index is 13.4. The highest BCUT2D eigenvalue weighted by Gasteiger charge is 2.55. The van der Waals surface area contributed by atoms with Crippen LogP contribution in [0.15, 0.2) is 62.8 Å². The molecule has 2 heterocycles. The molecule has 6 rings (SSSR count). The zero-order valence-corrected chi connectivity index (χ0v) is 22.1. The number of carbonyl (C=O) groups excluding carboxylic acids is 1. The fraction of sp³-hybridized carbons (Fsp3) is 0.385. The molecule has 1 aromatic heterocycles. The Labute approximate surface area is 222 Å². The van der Waals surface area contributed by atoms with Gasteiger partial charge in [-0.15, -0.1) is 11.8 Å². The average molecular weight is 596 g/mol. The molecule has 0 radical (unpaired) electrons. The molecule has 1 amide bonds. The van der Waals surface area contributed by atoms with Crippen molar-refractivity contribution in [2.45, 2.75) is 48.2 Å². The highest BCUT2D eigenvalue weighted by atomic mass is 79.9. The summed E-state index contributed by atoms with van der Waals surface area (Å²) >= 11 is 6.38. The maximum atomic E-state index is 13.4. The Morgan fingerprint density at radius 1 is 1.08 bits per heavy atom. The van der Waals surface area contributed by atoms with Gasteiger partial charge in [0.25, 0.3) is 0 Å². The third-order valence-electron chi connectivity index (χ3n) is 7.73. The Morgan fingerprint density at radius 2 is 1.81 bits per heavy atom. The average Bonchev–Trinajstić information content (AvgIpc) is 3.52. The summed E-state index contributed by atoms with van der Waals surface area (Å²) < 4.78 is 42.6. The van der Waals surface area contributed by atoms with Gasteiger partial charge in [-0.3, -0.25) is 14.2 Å². The molecule has 2 saturated carbocycles. The molecule has 5 atom stereocenters. The number of thioether (sulfide) groups is 1. The third kappa shape index (κ3) is 4.15. The van der Waals surface area contributed by atoms with E-state index < -0.39 is 17.6 Å². The molecule has 4 unspecified atom stereocenters. The summed E-state index contributed by atoms with van der Waals surface area (Å²) in [5.41, 5.74) is -0.0486. The Hall–Kier alpha value is -2.04. The number of amides is 1. The number of hydrogen-bond acceptors (Lipinski definition) is 4. The van der Waals surface area contributed by atoms with Gasteiger partial charge in [0, 0.05) is 20.5 Å². The SMILES string of the molecule is O=C(Cn1c2c(sc1=O)[C@@H](c1ccc(Br)cc1)C1C3CCC(C3)C1S2)Nc1ccccc1C(F)(F)F. The van der Waals surface area contributed by atoms with E-state index in [1.165, 1.54) is 58.9 Å². The largest absolute Gasteiger partial charge is 0.418 e. The van der Waals surface area contributed by atoms with Gasteiger partial charge in [0.2, 0.25) is 5.91 Å². The number of nitrogens with zero attached hydrogens (tertiary/aromatic N) is 1. The molecule has 10 heteroatoms. The predicted octanol–water partition coefficient (Wildman–Crippen LogP) is 6.98. The molecule has 3 aromatic rings. The van der Waals surface area contributed by atoms with Crippen LogP contribution in [0.25, 0.3) is 0 Å². The van der Waals surface area contributed by atoms with Crippen molar-refractivity contribution in [1.82, 2.24) is 4.57 Å². The molecule has 1 N–H and O–H groups in total. The number of alkyl halides is 3. The number of hydrogen-bond donors (Lipinski definition) is 1. The van der Waals surface area contributed by atoms with E-state index in [1.807, 2.05) is 12.1 Å². The van der Waals surface area contributed by atoms with E-state index in [0.717, 1.165) is 20.4 Å². The Bertz CT molecular complexity index is 1390. The number of para-hydroxylation sites is 1. The van der Waals surface area contributed by atoms with Gasteiger partial charge in [0.05, 0.1) is 16.3 Å². The lowest BCUT2D eigenvalue weighted by molar-refractivity contribution is -0.137. The summed E-state index contributed by atoms with van der Waals surface area (Å²) in [5, 5.41) is 3.55. The van der Waals surface area contributed by atoms with Crippen molar-refractivity contribution in [3.05, 3.63) is 78.7 Å². The highest BCUT2D eigenvalue weighted by Crippen LogP contribution is 2.64. The van der Waals surface area contributed by atoms with Crippen molar-refractivity contribution in [3.63, 3.8) is 0 Å². The van der Waals surface area contributed by atoms with Gasteiger partial charge in [-0.25, -0.2) is 0 Å². The molecule has 4 nitrogen and oxygen atoms in total. The summed E-state index contributed by atoms with van der Waals surface area (Å²) in [6, 6.07) is 13.1. The van der Waals surface area contributed by atoms with E-state index in [1.54, 1.807) is 11.8 Å². The Morgan fingerprint density at radius 3 is 2.56 bits per heavy atom. The van der Waals surface area contributed by atoms with Crippen LogP contribution in [0.3, 0.4) is 0 Å². The minimum absolute atomic E-state index is 0.0858. The Kier molecular flexibility index (Phi) is 6.12. The summed E-state index contributed by atoms with van der Waals surface area (Å²) in [6.45, 7) is -0.317. The van der Waals surface area contributed by atoms with Crippen molar-refractivity contribution >= 4 is 50.6 Å². The van der Waals surface area contributed by atoms with Gasteiger partial charge < -0.3 is 5.32 Å². The number of thiazole rings is 1. The van der Waals surface area contributed by atoms with Crippen LogP contribution in [0.1, 0.15) is 41.2 Å². The second-order valence-electron chi connectivity index (χ2n) is 9.74. The van der Waals surface area contributed by atoms with Crippen LogP contribution < -0.4 is 10.2 Å². The lowest BCUT2D eigenvalue weighted by Crippen LogP contribution is -2.34. The van der Waals surface area contributed by atoms with E-state index in [9.17, 15) is 22.8 Å². The lowest BCUT2D eigenvalue weighted by Gasteiger charge is -2.40. The van der Waals surface area contributed by atoms with Gasteiger partial charge in [0.1, 0.15) is 6.54 Å². The third-order valence-corrected chi connectivity index (χ3v) is 11.1. The molecule has 0 saturated heterocycles. The monoisotopic (exact) mass is 594 g/mol. The quantitative estimate of drug-likeness (QED) is 0.354. The fourth-order valence-corrected chi connectivity index (χ4v) is 9.72. The van der Waals surface area contributed by atoms with E-state index in [2.05, 4.69) is 33.4 Å². The van der Waals surface area contributed by atoms with Gasteiger partial charge in [-0.2, -0.15) is 13.2 Å². The van der Waals surface area contributed by atoms with E-state index in [4.69, 9.17) is 0 Å². The minimum atomic E-state index is -4.59. The van der Waals surface area contributed by atoms with Gasteiger partial charge >= 0.3 is 11.0 Å². The second kappa shape index (κ2) is 9.06. The first-order valence-electron chi connectivity index (χ1n) is 11.8. The van der Waals surface area contributed by atoms with Crippen LogP contribution in [0.5, 0.6) is 0 Å². The van der Waals surface area contributed by atoms with Crippen molar-refractivity contribution in [3.8, 4) is 0 Å². The van der Waals surface area contributed by atoms with Gasteiger partial charge in [-0.05, 0) is 66.8 Å². The molecule has 36 heavy (non-hydrogen) atoms. The normalized spacial score (nSPS) is 26.5. The zero-order chi connectivity index (χ0) is 25.2. The number of halogens is 4. The van der Waals surface area contributed by atoms with E-state index in [-0.39, 0.29) is 23.0 Å². The van der Waals surface area contributed by atoms with E-state index in [0.29, 0.717) is 23.0 Å². The summed E-state index contributed by atoms with van der Waals surface area (Å²) in [7, 11) is 0. The first kappa shape index (κ1) is 24.3. The Balaban J connectivity index is 1.35. The fourth-order valence-electron chi connectivity index (χ4n) is 6.30. The molecule has 2 aliphatic carbocycles. The number of carbonyl (C=O) groups is 1. The first-order valence-corrected chi connectivity index (χ1v) is 14.3. The van der Waals surface area contributed by atoms with Crippen molar-refractivity contribution < 1.29 is 18.0 Å². The second-order valence-corrected chi connectivity index (χ2v) is 12.8. The molecule has 2 fully saturated rings. The summed E-state index contributed by atoms with van der Waals surface area (Å²) in [4.78, 5) is 26.8. The molecule has 2 bridgehead atoms. The predicted molar refractivity (Wildman–Crippen MR) is 139 cm³/mol. The lowest BCUT2D eigenvalue weighted by atomic mass is 9.75. The van der Waals surface area contributed by atoms with Crippen molar-refractivity contribution in [2.75, 3.05) is 5.32 Å². The van der Waals surface area contributed by atoms with Crippen LogP contribution in [0.2, 0.25) is 0 Å². The molecule has 3 aliphatic rings. The van der Waals surface area contributed by atoms with Crippen LogP contribution in [-0.2, 0) is 17.5 Å². The standard InChI is InChI=1S/C26H22BrF3N2O2S2/c27-16-9-7-13(8-10-16)20-21-14-5-6-15(11-14)22(21)35-24-23(20)36-25(34)32(24)12-19(33)31-18-4-2-1-3-17(18)26(28,29)30/h1-4,7-10,14-15,20-22H,5-6,11-12H2,(H,31,33)/t14?,15?,20-,21?,22?/m0/s1. The van der Waals surface area contributed by atoms with Gasteiger partial charge in [-0.1, -0.05) is 51.5 Å². The number of anilines is 1. The molecule has 0 spiro atoms. The molecular formula is C26H22BrF3N2O2S2. The number of nitrogens with one attached hydrogen (secondary N) is 1. The summed E-state index contributed by atoms with van der Waals surface area (Å²) in [5.74, 6) is 1.10. The van der Waals surface area contributed by atoms with Gasteiger partial charge in [0.15, 0.2) is 0 Å². The number of fused-ring (bicyclic) bond motifs is 6.